The summed E-state index contributed by atoms with van der Waals surface area (Å²) in [5, 5.41) is 7.42. The second-order valence-corrected chi connectivity index (χ2v) is 4.31. The third kappa shape index (κ3) is 1.59. The summed E-state index contributed by atoms with van der Waals surface area (Å²) < 4.78 is 12.6. The fourth-order valence-electron chi connectivity index (χ4n) is 2.16. The SMILES string of the molecule is CNc1cc(-c2cc3c(cc2C)OCO3)n(C)n1. The van der Waals surface area contributed by atoms with Crippen molar-refractivity contribution >= 4 is 5.82 Å². The number of nitrogens with zero attached hydrogens (tertiary/aromatic N) is 2. The second kappa shape index (κ2) is 3.94. The Balaban J connectivity index is 2.13. The van der Waals surface area contributed by atoms with E-state index in [4.69, 9.17) is 9.47 Å². The zero-order chi connectivity index (χ0) is 12.7. The molecule has 0 fully saturated rings. The minimum Gasteiger partial charge on any atom is -0.454 e. The van der Waals surface area contributed by atoms with Crippen LogP contribution in [0.2, 0.25) is 0 Å². The van der Waals surface area contributed by atoms with Crippen LogP contribution in [0.4, 0.5) is 5.82 Å². The molecule has 0 amide bonds. The number of ether oxygens (including phenoxy) is 2. The van der Waals surface area contributed by atoms with Gasteiger partial charge in [0.05, 0.1) is 5.69 Å². The van der Waals surface area contributed by atoms with Crippen LogP contribution >= 0.6 is 0 Å². The molecule has 2 aromatic rings. The summed E-state index contributed by atoms with van der Waals surface area (Å²) in [5.41, 5.74) is 3.30. The van der Waals surface area contributed by atoms with E-state index in [2.05, 4.69) is 17.3 Å². The Morgan fingerprint density at radius 2 is 1.94 bits per heavy atom. The quantitative estimate of drug-likeness (QED) is 0.880. The smallest absolute Gasteiger partial charge is 0.231 e. The molecule has 0 atom stereocenters. The molecule has 18 heavy (non-hydrogen) atoms. The molecule has 0 bridgehead atoms. The Bertz CT molecular complexity index is 605. The molecule has 3 rings (SSSR count). The third-order valence-corrected chi connectivity index (χ3v) is 3.13. The van der Waals surface area contributed by atoms with Gasteiger partial charge in [-0.15, -0.1) is 0 Å². The first-order chi connectivity index (χ1) is 8.69. The molecule has 5 nitrogen and oxygen atoms in total. The van der Waals surface area contributed by atoms with Gasteiger partial charge < -0.3 is 14.8 Å². The largest absolute Gasteiger partial charge is 0.454 e. The highest BCUT2D eigenvalue weighted by Gasteiger charge is 2.18. The fourth-order valence-corrected chi connectivity index (χ4v) is 2.16. The minimum absolute atomic E-state index is 0.297. The maximum atomic E-state index is 5.42. The summed E-state index contributed by atoms with van der Waals surface area (Å²) in [6, 6.07) is 6.03. The predicted molar refractivity (Wildman–Crippen MR) is 69.1 cm³/mol. The fraction of sp³-hybridized carbons (Fsp3) is 0.308. The lowest BCUT2D eigenvalue weighted by atomic mass is 10.0. The molecule has 0 unspecified atom stereocenters. The van der Waals surface area contributed by atoms with Gasteiger partial charge in [0.2, 0.25) is 6.79 Å². The minimum atomic E-state index is 0.297. The summed E-state index contributed by atoms with van der Waals surface area (Å²) in [4.78, 5) is 0. The molecular formula is C13H15N3O2. The lowest BCUT2D eigenvalue weighted by Gasteiger charge is -2.07. The van der Waals surface area contributed by atoms with E-state index in [0.717, 1.165) is 34.1 Å². The van der Waals surface area contributed by atoms with Gasteiger partial charge in [0.25, 0.3) is 0 Å². The molecule has 0 spiro atoms. The highest BCUT2D eigenvalue weighted by Crippen LogP contribution is 2.38. The van der Waals surface area contributed by atoms with Crippen molar-refractivity contribution in [2.24, 2.45) is 7.05 Å². The van der Waals surface area contributed by atoms with Gasteiger partial charge in [0, 0.05) is 25.7 Å². The first-order valence-electron chi connectivity index (χ1n) is 5.81. The summed E-state index contributed by atoms with van der Waals surface area (Å²) in [5.74, 6) is 2.46. The van der Waals surface area contributed by atoms with Crippen molar-refractivity contribution in [1.29, 1.82) is 0 Å². The van der Waals surface area contributed by atoms with Crippen molar-refractivity contribution in [3.8, 4) is 22.8 Å². The number of aryl methyl sites for hydroxylation is 2. The Morgan fingerprint density at radius 3 is 2.61 bits per heavy atom. The normalized spacial score (nSPS) is 12.8. The average Bonchev–Trinajstić information content (AvgIpc) is 2.93. The number of hydrogen-bond donors (Lipinski definition) is 1. The van der Waals surface area contributed by atoms with Gasteiger partial charge in [-0.2, -0.15) is 5.10 Å². The van der Waals surface area contributed by atoms with E-state index >= 15 is 0 Å². The van der Waals surface area contributed by atoms with E-state index in [1.807, 2.05) is 37.0 Å². The number of aromatic nitrogens is 2. The molecule has 0 saturated heterocycles. The van der Waals surface area contributed by atoms with E-state index in [-0.39, 0.29) is 0 Å². The van der Waals surface area contributed by atoms with Crippen molar-refractivity contribution in [1.82, 2.24) is 9.78 Å². The Morgan fingerprint density at radius 1 is 1.22 bits per heavy atom. The van der Waals surface area contributed by atoms with Gasteiger partial charge in [0.1, 0.15) is 5.82 Å². The molecular weight excluding hydrogens is 230 g/mol. The first-order valence-corrected chi connectivity index (χ1v) is 5.81. The van der Waals surface area contributed by atoms with E-state index < -0.39 is 0 Å². The molecule has 0 saturated carbocycles. The van der Waals surface area contributed by atoms with Gasteiger partial charge in [-0.3, -0.25) is 4.68 Å². The molecule has 1 N–H and O–H groups in total. The zero-order valence-corrected chi connectivity index (χ0v) is 10.7. The van der Waals surface area contributed by atoms with Gasteiger partial charge in [-0.05, 0) is 24.6 Å². The monoisotopic (exact) mass is 245 g/mol. The number of fused-ring (bicyclic) bond motifs is 1. The molecule has 1 aromatic heterocycles. The maximum absolute atomic E-state index is 5.42. The van der Waals surface area contributed by atoms with Crippen LogP contribution in [0.25, 0.3) is 11.3 Å². The van der Waals surface area contributed by atoms with Crippen molar-refractivity contribution in [2.45, 2.75) is 6.92 Å². The molecule has 5 heteroatoms. The summed E-state index contributed by atoms with van der Waals surface area (Å²) in [6.45, 7) is 2.36. The van der Waals surface area contributed by atoms with Crippen LogP contribution in [0.3, 0.4) is 0 Å². The number of anilines is 1. The van der Waals surface area contributed by atoms with Crippen LogP contribution in [0, 0.1) is 6.92 Å². The van der Waals surface area contributed by atoms with Gasteiger partial charge in [0.15, 0.2) is 11.5 Å². The summed E-state index contributed by atoms with van der Waals surface area (Å²) >= 11 is 0. The molecule has 1 aliphatic heterocycles. The maximum Gasteiger partial charge on any atom is 0.231 e. The van der Waals surface area contributed by atoms with Gasteiger partial charge >= 0.3 is 0 Å². The standard InChI is InChI=1S/C13H15N3O2/c1-8-4-11-12(18-7-17-11)5-9(8)10-6-13(14-2)15-16(10)3/h4-6H,7H2,1-3H3,(H,14,15). The third-order valence-electron chi connectivity index (χ3n) is 3.13. The van der Waals surface area contributed by atoms with Crippen molar-refractivity contribution in [3.63, 3.8) is 0 Å². The number of nitrogens with one attached hydrogen (secondary N) is 1. The van der Waals surface area contributed by atoms with E-state index in [1.165, 1.54) is 0 Å². The van der Waals surface area contributed by atoms with Crippen LogP contribution < -0.4 is 14.8 Å². The van der Waals surface area contributed by atoms with E-state index in [0.29, 0.717) is 6.79 Å². The first kappa shape index (κ1) is 11.0. The Labute approximate surface area is 105 Å². The second-order valence-electron chi connectivity index (χ2n) is 4.31. The highest BCUT2D eigenvalue weighted by molar-refractivity contribution is 5.71. The van der Waals surface area contributed by atoms with Crippen molar-refractivity contribution in [2.75, 3.05) is 19.2 Å². The molecule has 94 valence electrons. The highest BCUT2D eigenvalue weighted by atomic mass is 16.7. The lowest BCUT2D eigenvalue weighted by Crippen LogP contribution is -1.96. The van der Waals surface area contributed by atoms with Gasteiger partial charge in [-0.1, -0.05) is 0 Å². The van der Waals surface area contributed by atoms with E-state index in [9.17, 15) is 0 Å². The molecule has 0 aliphatic carbocycles. The number of rotatable bonds is 2. The molecule has 2 heterocycles. The van der Waals surface area contributed by atoms with Gasteiger partial charge in [-0.25, -0.2) is 0 Å². The zero-order valence-electron chi connectivity index (χ0n) is 10.7. The Hall–Kier alpha value is -2.17. The predicted octanol–water partition coefficient (Wildman–Crippen LogP) is 2.17. The number of hydrogen-bond acceptors (Lipinski definition) is 4. The van der Waals surface area contributed by atoms with Crippen LogP contribution in [0.1, 0.15) is 5.56 Å². The van der Waals surface area contributed by atoms with Crippen LogP contribution in [-0.2, 0) is 7.05 Å². The van der Waals surface area contributed by atoms with Crippen LogP contribution in [0.15, 0.2) is 18.2 Å². The average molecular weight is 245 g/mol. The van der Waals surface area contributed by atoms with Crippen molar-refractivity contribution < 1.29 is 9.47 Å². The van der Waals surface area contributed by atoms with E-state index in [1.54, 1.807) is 0 Å². The topological polar surface area (TPSA) is 48.3 Å². The molecule has 0 radical (unpaired) electrons. The number of benzene rings is 1. The molecule has 1 aliphatic rings. The lowest BCUT2D eigenvalue weighted by molar-refractivity contribution is 0.174. The summed E-state index contributed by atoms with van der Waals surface area (Å²) in [7, 11) is 3.79. The van der Waals surface area contributed by atoms with Crippen molar-refractivity contribution in [3.05, 3.63) is 23.8 Å². The molecule has 1 aromatic carbocycles. The van der Waals surface area contributed by atoms with Crippen LogP contribution in [0.5, 0.6) is 11.5 Å². The Kier molecular flexibility index (Phi) is 2.40. The van der Waals surface area contributed by atoms with Crippen LogP contribution in [-0.4, -0.2) is 23.6 Å². The summed E-state index contributed by atoms with van der Waals surface area (Å²) in [6.07, 6.45) is 0.